The molecule has 84 valence electrons. The summed E-state index contributed by atoms with van der Waals surface area (Å²) in [5.74, 6) is 0.973. The molecule has 16 heavy (non-hydrogen) atoms. The van der Waals surface area contributed by atoms with E-state index in [9.17, 15) is 0 Å². The molecule has 0 amide bonds. The summed E-state index contributed by atoms with van der Waals surface area (Å²) in [6.45, 7) is 5.16. The van der Waals surface area contributed by atoms with E-state index in [4.69, 9.17) is 5.26 Å². The number of nitrogens with zero attached hydrogens (tertiary/aromatic N) is 3. The topological polar surface area (TPSA) is 39.9 Å². The van der Waals surface area contributed by atoms with Crippen LogP contribution in [-0.4, -0.2) is 17.6 Å². The lowest BCUT2D eigenvalue weighted by atomic mass is 10.2. The van der Waals surface area contributed by atoms with Gasteiger partial charge in [0, 0.05) is 18.3 Å². The Morgan fingerprint density at radius 3 is 2.81 bits per heavy atom. The van der Waals surface area contributed by atoms with Gasteiger partial charge in [0.25, 0.3) is 0 Å². The predicted molar refractivity (Wildman–Crippen MR) is 64.3 cm³/mol. The summed E-state index contributed by atoms with van der Waals surface area (Å²) < 4.78 is 0. The molecule has 1 aliphatic carbocycles. The summed E-state index contributed by atoms with van der Waals surface area (Å²) in [4.78, 5) is 6.88. The molecule has 3 heteroatoms. The molecule has 0 spiro atoms. The van der Waals surface area contributed by atoms with Crippen molar-refractivity contribution in [2.75, 3.05) is 11.4 Å². The van der Waals surface area contributed by atoms with E-state index >= 15 is 0 Å². The molecule has 1 aromatic heterocycles. The number of pyridine rings is 1. The molecule has 2 rings (SSSR count). The van der Waals surface area contributed by atoms with Crippen LogP contribution in [0, 0.1) is 18.3 Å². The van der Waals surface area contributed by atoms with Crippen LogP contribution in [0.3, 0.4) is 0 Å². The van der Waals surface area contributed by atoms with E-state index in [1.807, 2.05) is 19.1 Å². The van der Waals surface area contributed by atoms with E-state index in [0.29, 0.717) is 11.6 Å². The highest BCUT2D eigenvalue weighted by molar-refractivity contribution is 5.48. The van der Waals surface area contributed by atoms with Gasteiger partial charge in [0.2, 0.25) is 0 Å². The Morgan fingerprint density at radius 2 is 2.25 bits per heavy atom. The number of anilines is 1. The molecule has 3 nitrogen and oxygen atoms in total. The Kier molecular flexibility index (Phi) is 3.09. The molecule has 1 saturated carbocycles. The van der Waals surface area contributed by atoms with Crippen molar-refractivity contribution in [2.45, 2.75) is 39.2 Å². The maximum Gasteiger partial charge on any atom is 0.130 e. The van der Waals surface area contributed by atoms with Crippen LogP contribution in [0.2, 0.25) is 0 Å². The molecule has 0 radical (unpaired) electrons. The van der Waals surface area contributed by atoms with Gasteiger partial charge >= 0.3 is 0 Å². The third-order valence-corrected chi connectivity index (χ3v) is 2.82. The van der Waals surface area contributed by atoms with E-state index in [1.54, 1.807) is 0 Å². The van der Waals surface area contributed by atoms with E-state index in [2.05, 4.69) is 22.9 Å². The van der Waals surface area contributed by atoms with Gasteiger partial charge in [-0.25, -0.2) is 4.98 Å². The lowest BCUT2D eigenvalue weighted by Gasteiger charge is -2.23. The number of nitriles is 1. The van der Waals surface area contributed by atoms with Crippen LogP contribution in [0.15, 0.2) is 12.1 Å². The first-order chi connectivity index (χ1) is 7.74. The summed E-state index contributed by atoms with van der Waals surface area (Å²) >= 11 is 0. The van der Waals surface area contributed by atoms with E-state index < -0.39 is 0 Å². The molecule has 1 heterocycles. The summed E-state index contributed by atoms with van der Waals surface area (Å²) in [5.41, 5.74) is 1.64. The fraction of sp³-hybridized carbons (Fsp3) is 0.538. The molecule has 1 aliphatic rings. The van der Waals surface area contributed by atoms with Gasteiger partial charge < -0.3 is 4.90 Å². The van der Waals surface area contributed by atoms with Crippen molar-refractivity contribution < 1.29 is 0 Å². The lowest BCUT2D eigenvalue weighted by molar-refractivity contribution is 0.748. The Labute approximate surface area is 96.7 Å². The van der Waals surface area contributed by atoms with Crippen molar-refractivity contribution in [1.82, 2.24) is 4.98 Å². The highest BCUT2D eigenvalue weighted by Gasteiger charge is 2.29. The minimum Gasteiger partial charge on any atom is -0.354 e. The Bertz CT molecular complexity index is 416. The van der Waals surface area contributed by atoms with Crippen molar-refractivity contribution >= 4 is 5.82 Å². The summed E-state index contributed by atoms with van der Waals surface area (Å²) in [6, 6.07) is 6.59. The number of hydrogen-bond acceptors (Lipinski definition) is 3. The third-order valence-electron chi connectivity index (χ3n) is 2.82. The van der Waals surface area contributed by atoms with Crippen LogP contribution in [0.1, 0.15) is 37.4 Å². The molecule has 0 aromatic carbocycles. The molecule has 1 aromatic rings. The van der Waals surface area contributed by atoms with Gasteiger partial charge in [-0.2, -0.15) is 5.26 Å². The Morgan fingerprint density at radius 1 is 1.50 bits per heavy atom. The van der Waals surface area contributed by atoms with E-state index in [0.717, 1.165) is 24.5 Å². The zero-order valence-corrected chi connectivity index (χ0v) is 9.90. The van der Waals surface area contributed by atoms with Crippen molar-refractivity contribution in [2.24, 2.45) is 0 Å². The largest absolute Gasteiger partial charge is 0.354 e. The highest BCUT2D eigenvalue weighted by Crippen LogP contribution is 2.31. The van der Waals surface area contributed by atoms with Gasteiger partial charge in [0.15, 0.2) is 0 Å². The second kappa shape index (κ2) is 4.52. The minimum absolute atomic E-state index is 0.654. The molecule has 0 aliphatic heterocycles. The van der Waals surface area contributed by atoms with E-state index in [1.165, 1.54) is 12.8 Å². The lowest BCUT2D eigenvalue weighted by Crippen LogP contribution is -2.27. The van der Waals surface area contributed by atoms with Crippen molar-refractivity contribution in [1.29, 1.82) is 5.26 Å². The predicted octanol–water partition coefficient (Wildman–Crippen LogP) is 2.64. The van der Waals surface area contributed by atoms with Crippen LogP contribution in [-0.2, 0) is 0 Å². The molecule has 0 unspecified atom stereocenters. The van der Waals surface area contributed by atoms with Gasteiger partial charge in [0.1, 0.15) is 5.82 Å². The third kappa shape index (κ3) is 2.33. The second-order valence-corrected chi connectivity index (χ2v) is 4.39. The minimum atomic E-state index is 0.654. The van der Waals surface area contributed by atoms with Crippen molar-refractivity contribution in [3.8, 4) is 6.07 Å². The molecular weight excluding hydrogens is 198 g/mol. The number of aryl methyl sites for hydroxylation is 1. The van der Waals surface area contributed by atoms with Crippen molar-refractivity contribution in [3.63, 3.8) is 0 Å². The number of rotatable bonds is 4. The number of aromatic nitrogens is 1. The first-order valence-corrected chi connectivity index (χ1v) is 5.90. The van der Waals surface area contributed by atoms with Gasteiger partial charge in [-0.1, -0.05) is 6.92 Å². The first-order valence-electron chi connectivity index (χ1n) is 5.90. The SMILES string of the molecule is CCCN(c1cc(C#N)cc(C)n1)C1CC1. The van der Waals surface area contributed by atoms with Gasteiger partial charge in [-0.15, -0.1) is 0 Å². The molecule has 0 atom stereocenters. The fourth-order valence-corrected chi connectivity index (χ4v) is 1.97. The van der Waals surface area contributed by atoms with Crippen LogP contribution in [0.25, 0.3) is 0 Å². The van der Waals surface area contributed by atoms with Gasteiger partial charge in [0.05, 0.1) is 11.6 Å². The van der Waals surface area contributed by atoms with E-state index in [-0.39, 0.29) is 0 Å². The second-order valence-electron chi connectivity index (χ2n) is 4.39. The molecular formula is C13H17N3. The molecule has 0 bridgehead atoms. The average Bonchev–Trinajstić information content (AvgIpc) is 3.08. The molecule has 1 fully saturated rings. The standard InChI is InChI=1S/C13H17N3/c1-3-6-16(12-4-5-12)13-8-11(9-14)7-10(2)15-13/h7-8,12H,3-6H2,1-2H3. The maximum absolute atomic E-state index is 8.96. The highest BCUT2D eigenvalue weighted by atomic mass is 15.2. The molecule has 0 saturated heterocycles. The quantitative estimate of drug-likeness (QED) is 0.775. The van der Waals surface area contributed by atoms with Crippen LogP contribution in [0.5, 0.6) is 0 Å². The average molecular weight is 215 g/mol. The summed E-state index contributed by atoms with van der Waals surface area (Å²) in [5, 5.41) is 8.96. The van der Waals surface area contributed by atoms with Crippen LogP contribution in [0.4, 0.5) is 5.82 Å². The normalized spacial score (nSPS) is 14.6. The monoisotopic (exact) mass is 215 g/mol. The smallest absolute Gasteiger partial charge is 0.130 e. The zero-order chi connectivity index (χ0) is 11.5. The Balaban J connectivity index is 2.29. The summed E-state index contributed by atoms with van der Waals surface area (Å²) in [6.07, 6.45) is 3.64. The van der Waals surface area contributed by atoms with Crippen molar-refractivity contribution in [3.05, 3.63) is 23.4 Å². The zero-order valence-electron chi connectivity index (χ0n) is 9.90. The summed E-state index contributed by atoms with van der Waals surface area (Å²) in [7, 11) is 0. The fourth-order valence-electron chi connectivity index (χ4n) is 1.97. The maximum atomic E-state index is 8.96. The Hall–Kier alpha value is -1.56. The van der Waals surface area contributed by atoms with Gasteiger partial charge in [-0.05, 0) is 38.3 Å². The van der Waals surface area contributed by atoms with Crippen LogP contribution < -0.4 is 4.90 Å². The van der Waals surface area contributed by atoms with Crippen LogP contribution >= 0.6 is 0 Å². The molecule has 0 N–H and O–H groups in total. The van der Waals surface area contributed by atoms with Gasteiger partial charge in [-0.3, -0.25) is 0 Å². The first kappa shape index (κ1) is 10.9. The number of hydrogen-bond donors (Lipinski definition) is 0.